The van der Waals surface area contributed by atoms with Gasteiger partial charge in [-0.05, 0) is 20.0 Å². The van der Waals surface area contributed by atoms with Crippen LogP contribution in [0.1, 0.15) is 5.69 Å². The highest BCUT2D eigenvalue weighted by Crippen LogP contribution is 1.99. The van der Waals surface area contributed by atoms with Crippen LogP contribution in [0.4, 0.5) is 0 Å². The fourth-order valence-corrected chi connectivity index (χ4v) is 2.00. The zero-order chi connectivity index (χ0) is 12.3. The van der Waals surface area contributed by atoms with Crippen molar-refractivity contribution in [3.8, 4) is 0 Å². The Morgan fingerprint density at radius 3 is 2.59 bits per heavy atom. The van der Waals surface area contributed by atoms with Gasteiger partial charge in [-0.2, -0.15) is 4.98 Å². The summed E-state index contributed by atoms with van der Waals surface area (Å²) in [5.41, 5.74) is 0.643. The summed E-state index contributed by atoms with van der Waals surface area (Å²) in [5, 5.41) is 0. The molecule has 2 rings (SSSR count). The molecular formula is C12H20N4O. The van der Waals surface area contributed by atoms with Crippen molar-refractivity contribution >= 4 is 0 Å². The number of hydrogen-bond acceptors (Lipinski definition) is 4. The fraction of sp³-hybridized carbons (Fsp3) is 0.667. The predicted octanol–water partition coefficient (Wildman–Crippen LogP) is -0.201. The lowest BCUT2D eigenvalue weighted by atomic mass is 10.3. The highest BCUT2D eigenvalue weighted by atomic mass is 16.1. The molecule has 0 aromatic carbocycles. The number of hydrogen-bond donors (Lipinski definition) is 0. The molecule has 2 heterocycles. The van der Waals surface area contributed by atoms with Crippen molar-refractivity contribution in [1.82, 2.24) is 19.4 Å². The molecule has 1 fully saturated rings. The Morgan fingerprint density at radius 2 is 1.94 bits per heavy atom. The average molecular weight is 236 g/mol. The van der Waals surface area contributed by atoms with Crippen molar-refractivity contribution in [2.45, 2.75) is 13.5 Å². The van der Waals surface area contributed by atoms with Gasteiger partial charge < -0.3 is 4.90 Å². The standard InChI is InChI=1S/C12H20N4O/c1-11-3-4-16(12(17)13-11)10-9-15-7-5-14(2)6-8-15/h3-4H,5-10H2,1-2H3. The summed E-state index contributed by atoms with van der Waals surface area (Å²) in [6.45, 7) is 7.90. The smallest absolute Gasteiger partial charge is 0.304 e. The third-order valence-electron chi connectivity index (χ3n) is 3.27. The Balaban J connectivity index is 1.87. The molecule has 94 valence electrons. The molecule has 0 spiro atoms. The maximum Gasteiger partial charge on any atom is 0.347 e. The first-order valence-corrected chi connectivity index (χ1v) is 6.10. The minimum atomic E-state index is -0.140. The molecule has 1 aromatic heterocycles. The molecule has 0 saturated carbocycles. The van der Waals surface area contributed by atoms with E-state index in [4.69, 9.17) is 0 Å². The predicted molar refractivity (Wildman–Crippen MR) is 67.2 cm³/mol. The molecule has 0 bridgehead atoms. The molecule has 5 nitrogen and oxygen atoms in total. The number of nitrogens with zero attached hydrogens (tertiary/aromatic N) is 4. The van der Waals surface area contributed by atoms with Gasteiger partial charge in [0, 0.05) is 51.2 Å². The van der Waals surface area contributed by atoms with Gasteiger partial charge in [-0.25, -0.2) is 4.79 Å². The van der Waals surface area contributed by atoms with Crippen LogP contribution in [0.25, 0.3) is 0 Å². The summed E-state index contributed by atoms with van der Waals surface area (Å²) in [4.78, 5) is 20.2. The average Bonchev–Trinajstić information content (AvgIpc) is 2.30. The molecule has 5 heteroatoms. The Bertz CT molecular complexity index is 421. The highest BCUT2D eigenvalue weighted by molar-refractivity contribution is 4.95. The number of aromatic nitrogens is 2. The normalized spacial score (nSPS) is 18.5. The quantitative estimate of drug-likeness (QED) is 0.729. The van der Waals surface area contributed by atoms with Crippen molar-refractivity contribution in [3.05, 3.63) is 28.4 Å². The van der Waals surface area contributed by atoms with E-state index in [2.05, 4.69) is 21.8 Å². The molecule has 1 aliphatic heterocycles. The van der Waals surface area contributed by atoms with Crippen molar-refractivity contribution in [1.29, 1.82) is 0 Å². The maximum absolute atomic E-state index is 11.6. The first-order valence-electron chi connectivity index (χ1n) is 6.10. The molecule has 1 saturated heterocycles. The van der Waals surface area contributed by atoms with Crippen LogP contribution in [0.2, 0.25) is 0 Å². The maximum atomic E-state index is 11.6. The summed E-state index contributed by atoms with van der Waals surface area (Å²) in [6, 6.07) is 1.88. The Kier molecular flexibility index (Phi) is 3.91. The van der Waals surface area contributed by atoms with E-state index in [0.717, 1.165) is 45.0 Å². The second kappa shape index (κ2) is 5.42. The lowest BCUT2D eigenvalue weighted by molar-refractivity contribution is 0.149. The summed E-state index contributed by atoms with van der Waals surface area (Å²) in [5.74, 6) is 0. The molecule has 1 aromatic rings. The summed E-state index contributed by atoms with van der Waals surface area (Å²) < 4.78 is 1.69. The number of aryl methyl sites for hydroxylation is 1. The molecule has 0 unspecified atom stereocenters. The molecule has 1 aliphatic rings. The van der Waals surface area contributed by atoms with E-state index < -0.39 is 0 Å². The number of piperazine rings is 1. The van der Waals surface area contributed by atoms with Crippen LogP contribution in [0.3, 0.4) is 0 Å². The van der Waals surface area contributed by atoms with Crippen LogP contribution in [0, 0.1) is 6.92 Å². The molecular weight excluding hydrogens is 216 g/mol. The molecule has 0 radical (unpaired) electrons. The summed E-state index contributed by atoms with van der Waals surface area (Å²) in [7, 11) is 2.14. The van der Waals surface area contributed by atoms with Crippen molar-refractivity contribution in [2.75, 3.05) is 39.8 Å². The minimum Gasteiger partial charge on any atom is -0.304 e. The van der Waals surface area contributed by atoms with Crippen LogP contribution in [-0.2, 0) is 6.54 Å². The lowest BCUT2D eigenvalue weighted by Gasteiger charge is -2.32. The van der Waals surface area contributed by atoms with Crippen LogP contribution in [0.15, 0.2) is 17.1 Å². The van der Waals surface area contributed by atoms with Gasteiger partial charge in [-0.1, -0.05) is 0 Å². The SMILES string of the molecule is Cc1ccn(CCN2CCN(C)CC2)c(=O)n1. The third kappa shape index (κ3) is 3.38. The summed E-state index contributed by atoms with van der Waals surface area (Å²) >= 11 is 0. The summed E-state index contributed by atoms with van der Waals surface area (Å²) in [6.07, 6.45) is 1.83. The molecule has 0 atom stereocenters. The first kappa shape index (κ1) is 12.3. The van der Waals surface area contributed by atoms with Gasteiger partial charge in [-0.15, -0.1) is 0 Å². The third-order valence-corrected chi connectivity index (χ3v) is 3.27. The van der Waals surface area contributed by atoms with E-state index in [-0.39, 0.29) is 5.69 Å². The minimum absolute atomic E-state index is 0.140. The van der Waals surface area contributed by atoms with Gasteiger partial charge in [0.05, 0.1) is 0 Å². The van der Waals surface area contributed by atoms with Gasteiger partial charge in [0.2, 0.25) is 0 Å². The topological polar surface area (TPSA) is 41.4 Å². The number of rotatable bonds is 3. The van der Waals surface area contributed by atoms with E-state index in [9.17, 15) is 4.79 Å². The van der Waals surface area contributed by atoms with Crippen molar-refractivity contribution < 1.29 is 0 Å². The van der Waals surface area contributed by atoms with Gasteiger partial charge >= 0.3 is 5.69 Å². The molecule has 0 amide bonds. The van der Waals surface area contributed by atoms with Crippen molar-refractivity contribution in [3.63, 3.8) is 0 Å². The highest BCUT2D eigenvalue weighted by Gasteiger charge is 2.13. The zero-order valence-electron chi connectivity index (χ0n) is 10.6. The van der Waals surface area contributed by atoms with E-state index in [1.807, 2.05) is 19.2 Å². The Hall–Kier alpha value is -1.20. The fourth-order valence-electron chi connectivity index (χ4n) is 2.00. The van der Waals surface area contributed by atoms with Gasteiger partial charge in [0.1, 0.15) is 0 Å². The van der Waals surface area contributed by atoms with Gasteiger partial charge in [0.25, 0.3) is 0 Å². The molecule has 0 N–H and O–H groups in total. The van der Waals surface area contributed by atoms with Crippen LogP contribution in [-0.4, -0.2) is 59.1 Å². The largest absolute Gasteiger partial charge is 0.347 e. The van der Waals surface area contributed by atoms with E-state index >= 15 is 0 Å². The second-order valence-electron chi connectivity index (χ2n) is 4.69. The van der Waals surface area contributed by atoms with E-state index in [0.29, 0.717) is 0 Å². The first-order chi connectivity index (χ1) is 8.15. The Labute approximate surface area is 102 Å². The van der Waals surface area contributed by atoms with E-state index in [1.165, 1.54) is 0 Å². The number of likely N-dealkylation sites (N-methyl/N-ethyl adjacent to an activating group) is 1. The van der Waals surface area contributed by atoms with Crippen LogP contribution < -0.4 is 5.69 Å². The van der Waals surface area contributed by atoms with Gasteiger partial charge in [0.15, 0.2) is 0 Å². The van der Waals surface area contributed by atoms with Crippen LogP contribution in [0.5, 0.6) is 0 Å². The van der Waals surface area contributed by atoms with Gasteiger partial charge in [-0.3, -0.25) is 9.47 Å². The monoisotopic (exact) mass is 236 g/mol. The molecule has 0 aliphatic carbocycles. The molecule has 17 heavy (non-hydrogen) atoms. The van der Waals surface area contributed by atoms with Crippen molar-refractivity contribution in [2.24, 2.45) is 0 Å². The van der Waals surface area contributed by atoms with Crippen LogP contribution >= 0.6 is 0 Å². The Morgan fingerprint density at radius 1 is 1.24 bits per heavy atom. The second-order valence-corrected chi connectivity index (χ2v) is 4.69. The van der Waals surface area contributed by atoms with E-state index in [1.54, 1.807) is 4.57 Å². The zero-order valence-corrected chi connectivity index (χ0v) is 10.6. The lowest BCUT2D eigenvalue weighted by Crippen LogP contribution is -2.45.